The third kappa shape index (κ3) is 3.87. The van der Waals surface area contributed by atoms with Crippen LogP contribution in [0.4, 0.5) is 0 Å². The Morgan fingerprint density at radius 3 is 2.56 bits per heavy atom. The van der Waals surface area contributed by atoms with Crippen molar-refractivity contribution in [2.45, 2.75) is 39.5 Å². The molecule has 1 atom stereocenters. The Kier molecular flexibility index (Phi) is 5.51. The second-order valence-corrected chi connectivity index (χ2v) is 8.98. The van der Waals surface area contributed by atoms with E-state index in [9.17, 15) is 19.5 Å². The largest absolute Gasteiger partial charge is 0.386 e. The number of aliphatic hydroxyl groups is 1. The van der Waals surface area contributed by atoms with Crippen LogP contribution in [0.3, 0.4) is 0 Å². The van der Waals surface area contributed by atoms with Gasteiger partial charge in [-0.1, -0.05) is 13.8 Å². The fourth-order valence-corrected chi connectivity index (χ4v) is 3.94. The van der Waals surface area contributed by atoms with Gasteiger partial charge in [-0.3, -0.25) is 28.5 Å². The van der Waals surface area contributed by atoms with Crippen LogP contribution in [0.2, 0.25) is 0 Å². The first-order valence-corrected chi connectivity index (χ1v) is 10.5. The van der Waals surface area contributed by atoms with Crippen molar-refractivity contribution in [1.82, 2.24) is 23.7 Å². The van der Waals surface area contributed by atoms with E-state index in [0.717, 1.165) is 15.2 Å². The molecular formula is C22H27N5O5. The molecule has 10 nitrogen and oxygen atoms in total. The van der Waals surface area contributed by atoms with Gasteiger partial charge >= 0.3 is 5.69 Å². The number of hydrogen-bond donors (Lipinski definition) is 1. The molecule has 3 aromatic rings. The summed E-state index contributed by atoms with van der Waals surface area (Å²) in [6.45, 7) is 6.16. The van der Waals surface area contributed by atoms with E-state index in [4.69, 9.17) is 4.84 Å². The van der Waals surface area contributed by atoms with E-state index in [0.29, 0.717) is 18.6 Å². The number of pyridine rings is 1. The molecule has 32 heavy (non-hydrogen) atoms. The molecule has 1 aliphatic heterocycles. The highest BCUT2D eigenvalue weighted by atomic mass is 16.7. The smallest absolute Gasteiger partial charge is 0.331 e. The van der Waals surface area contributed by atoms with Crippen LogP contribution in [0.15, 0.2) is 40.3 Å². The number of aromatic nitrogens is 4. The van der Waals surface area contributed by atoms with Crippen molar-refractivity contribution >= 4 is 16.8 Å². The molecule has 0 aliphatic carbocycles. The summed E-state index contributed by atoms with van der Waals surface area (Å²) in [5, 5.41) is 11.5. The molecule has 0 saturated carbocycles. The third-order valence-electron chi connectivity index (χ3n) is 5.48. The molecule has 1 aliphatic rings. The standard InChI is InChI=1S/C22H27N5O5/c1-14(2)9-26-16-11-25(10-15-5-7-23-8-6-15)18(17(16)19(28)24(4)21(26)30)20(29)27-12-22(3,31)13-32-27/h5-8,11,14,31H,9-10,12-13H2,1-4H3. The Hall–Kier alpha value is -3.24. The highest BCUT2D eigenvalue weighted by molar-refractivity contribution is 6.05. The van der Waals surface area contributed by atoms with Crippen LogP contribution in [0.1, 0.15) is 36.8 Å². The summed E-state index contributed by atoms with van der Waals surface area (Å²) in [6.07, 6.45) is 4.96. The zero-order valence-corrected chi connectivity index (χ0v) is 18.6. The molecule has 4 rings (SSSR count). The number of rotatable bonds is 5. The van der Waals surface area contributed by atoms with Gasteiger partial charge in [0.25, 0.3) is 11.5 Å². The van der Waals surface area contributed by atoms with Gasteiger partial charge in [0.05, 0.1) is 17.4 Å². The molecule has 0 bridgehead atoms. The van der Waals surface area contributed by atoms with Crippen molar-refractivity contribution in [3.8, 4) is 0 Å². The molecule has 1 fully saturated rings. The van der Waals surface area contributed by atoms with Gasteiger partial charge < -0.3 is 9.67 Å². The lowest BCUT2D eigenvalue weighted by Gasteiger charge is -2.17. The topological polar surface area (TPSA) is 112 Å². The van der Waals surface area contributed by atoms with Gasteiger partial charge in [0.1, 0.15) is 17.9 Å². The Labute approximate surface area is 184 Å². The Balaban J connectivity index is 1.97. The molecule has 0 aromatic carbocycles. The SMILES string of the molecule is CC(C)Cn1c(=O)n(C)c(=O)c2c(C(=O)N3CC(C)(O)CO3)n(Cc3ccncc3)cc21. The fraction of sp³-hybridized carbons (Fsp3) is 0.455. The van der Waals surface area contributed by atoms with Crippen molar-refractivity contribution in [2.75, 3.05) is 13.2 Å². The summed E-state index contributed by atoms with van der Waals surface area (Å²) in [7, 11) is 1.41. The lowest BCUT2D eigenvalue weighted by atomic mass is 10.1. The first-order chi connectivity index (χ1) is 15.1. The average Bonchev–Trinajstić information content (AvgIpc) is 3.29. The zero-order valence-electron chi connectivity index (χ0n) is 18.6. The molecule has 1 amide bonds. The van der Waals surface area contributed by atoms with Crippen molar-refractivity contribution in [3.05, 3.63) is 62.8 Å². The molecule has 4 heterocycles. The highest BCUT2D eigenvalue weighted by Gasteiger charge is 2.38. The van der Waals surface area contributed by atoms with E-state index in [1.54, 1.807) is 30.1 Å². The molecule has 170 valence electrons. The lowest BCUT2D eigenvalue weighted by molar-refractivity contribution is -0.0801. The van der Waals surface area contributed by atoms with E-state index in [-0.39, 0.29) is 30.1 Å². The van der Waals surface area contributed by atoms with Gasteiger partial charge in [-0.15, -0.1) is 0 Å². The van der Waals surface area contributed by atoms with Crippen molar-refractivity contribution in [2.24, 2.45) is 13.0 Å². The molecule has 3 aromatic heterocycles. The number of hydroxylamine groups is 2. The van der Waals surface area contributed by atoms with Crippen LogP contribution < -0.4 is 11.2 Å². The van der Waals surface area contributed by atoms with Crippen LogP contribution in [-0.2, 0) is 25.0 Å². The first kappa shape index (κ1) is 22.0. The van der Waals surface area contributed by atoms with Gasteiger partial charge in [-0.05, 0) is 30.5 Å². The third-order valence-corrected chi connectivity index (χ3v) is 5.48. The monoisotopic (exact) mass is 441 g/mol. The minimum atomic E-state index is -1.18. The van der Waals surface area contributed by atoms with Crippen molar-refractivity contribution in [3.63, 3.8) is 0 Å². The van der Waals surface area contributed by atoms with Crippen molar-refractivity contribution < 1.29 is 14.7 Å². The van der Waals surface area contributed by atoms with E-state index < -0.39 is 22.8 Å². The van der Waals surface area contributed by atoms with Crippen LogP contribution in [0, 0.1) is 5.92 Å². The summed E-state index contributed by atoms with van der Waals surface area (Å²) >= 11 is 0. The summed E-state index contributed by atoms with van der Waals surface area (Å²) < 4.78 is 4.22. The van der Waals surface area contributed by atoms with Gasteiger partial charge in [-0.2, -0.15) is 0 Å². The summed E-state index contributed by atoms with van der Waals surface area (Å²) in [5.41, 5.74) is -0.774. The van der Waals surface area contributed by atoms with Crippen LogP contribution >= 0.6 is 0 Å². The number of carbonyl (C=O) groups is 1. The van der Waals surface area contributed by atoms with E-state index in [1.165, 1.54) is 11.6 Å². The molecular weight excluding hydrogens is 414 g/mol. The fourth-order valence-electron chi connectivity index (χ4n) is 3.94. The second-order valence-electron chi connectivity index (χ2n) is 8.98. The van der Waals surface area contributed by atoms with E-state index in [1.807, 2.05) is 26.0 Å². The van der Waals surface area contributed by atoms with Gasteiger partial charge in [0.2, 0.25) is 0 Å². The molecule has 1 unspecified atom stereocenters. The van der Waals surface area contributed by atoms with Gasteiger partial charge in [0, 0.05) is 38.7 Å². The maximum absolute atomic E-state index is 13.5. The van der Waals surface area contributed by atoms with Crippen LogP contribution in [0.5, 0.6) is 0 Å². The highest BCUT2D eigenvalue weighted by Crippen LogP contribution is 2.25. The predicted octanol–water partition coefficient (Wildman–Crippen LogP) is 0.739. The predicted molar refractivity (Wildman–Crippen MR) is 117 cm³/mol. The number of hydrogen-bond acceptors (Lipinski definition) is 6. The van der Waals surface area contributed by atoms with E-state index >= 15 is 0 Å². The van der Waals surface area contributed by atoms with Crippen molar-refractivity contribution in [1.29, 1.82) is 0 Å². The molecule has 10 heteroatoms. The normalized spacial score (nSPS) is 18.8. The second kappa shape index (κ2) is 8.03. The minimum absolute atomic E-state index is 0.0281. The first-order valence-electron chi connectivity index (χ1n) is 10.5. The summed E-state index contributed by atoms with van der Waals surface area (Å²) in [6, 6.07) is 3.63. The Morgan fingerprint density at radius 1 is 1.28 bits per heavy atom. The Morgan fingerprint density at radius 2 is 1.97 bits per heavy atom. The maximum atomic E-state index is 13.5. The quantitative estimate of drug-likeness (QED) is 0.625. The molecule has 0 spiro atoms. The molecule has 0 radical (unpaired) electrons. The summed E-state index contributed by atoms with van der Waals surface area (Å²) in [4.78, 5) is 49.0. The minimum Gasteiger partial charge on any atom is -0.386 e. The summed E-state index contributed by atoms with van der Waals surface area (Å²) in [5.74, 6) is -0.396. The van der Waals surface area contributed by atoms with Gasteiger partial charge in [-0.25, -0.2) is 9.86 Å². The number of carbonyl (C=O) groups excluding carboxylic acids is 1. The maximum Gasteiger partial charge on any atom is 0.331 e. The number of amides is 1. The number of nitrogens with zero attached hydrogens (tertiary/aromatic N) is 5. The van der Waals surface area contributed by atoms with Gasteiger partial charge in [0.15, 0.2) is 0 Å². The van der Waals surface area contributed by atoms with Crippen LogP contribution in [-0.4, -0.2) is 53.5 Å². The average molecular weight is 441 g/mol. The lowest BCUT2D eigenvalue weighted by Crippen LogP contribution is -2.40. The van der Waals surface area contributed by atoms with Crippen LogP contribution in [0.25, 0.3) is 10.9 Å². The Bertz CT molecular complexity index is 1290. The molecule has 1 saturated heterocycles. The number of β-amino-alcohol motifs (C(OH)–C–C–N with tert-alkyl or cyclic N) is 1. The van der Waals surface area contributed by atoms with E-state index in [2.05, 4.69) is 4.98 Å². The molecule has 1 N–H and O–H groups in total. The number of fused-ring (bicyclic) bond motifs is 1. The zero-order chi connectivity index (χ0) is 23.2.